The maximum atomic E-state index is 11.6. The predicted molar refractivity (Wildman–Crippen MR) is 73.3 cm³/mol. The number of fused-ring (bicyclic) bond motifs is 1. The minimum atomic E-state index is -0.0448. The maximum Gasteiger partial charge on any atom is 0.244 e. The molecule has 1 aliphatic heterocycles. The highest BCUT2D eigenvalue weighted by molar-refractivity contribution is 7.80. The topological polar surface area (TPSA) is 44.4 Å². The molecule has 0 fully saturated rings. The molecule has 0 saturated heterocycles. The summed E-state index contributed by atoms with van der Waals surface area (Å²) in [6.07, 6.45) is 0. The lowest BCUT2D eigenvalue weighted by Gasteiger charge is -2.32. The lowest BCUT2D eigenvalue weighted by Crippen LogP contribution is -2.48. The van der Waals surface area contributed by atoms with Gasteiger partial charge in [0.2, 0.25) is 5.91 Å². The number of amides is 1. The molecule has 0 radical (unpaired) electrons. The van der Waals surface area contributed by atoms with Crippen LogP contribution >= 0.6 is 12.2 Å². The molecule has 4 nitrogen and oxygen atoms in total. The zero-order valence-corrected chi connectivity index (χ0v) is 10.7. The number of rotatable bonds is 1. The third-order valence-electron chi connectivity index (χ3n) is 2.43. The number of carbonyl (C=O) groups is 1. The Morgan fingerprint density at radius 3 is 2.88 bits per heavy atom. The summed E-state index contributed by atoms with van der Waals surface area (Å²) in [5.41, 5.74) is 1.74. The van der Waals surface area contributed by atoms with Crippen LogP contribution in [0.15, 0.2) is 24.3 Å². The molecule has 5 heteroatoms. The van der Waals surface area contributed by atoms with E-state index >= 15 is 0 Å². The lowest BCUT2D eigenvalue weighted by atomic mass is 10.2. The normalized spacial score (nSPS) is 14.3. The lowest BCUT2D eigenvalue weighted by molar-refractivity contribution is -0.115. The van der Waals surface area contributed by atoms with Gasteiger partial charge in [-0.25, -0.2) is 0 Å². The first-order valence-electron chi connectivity index (χ1n) is 5.55. The van der Waals surface area contributed by atoms with Crippen LogP contribution in [0, 0.1) is 0 Å². The van der Waals surface area contributed by atoms with Crippen LogP contribution in [-0.2, 0) is 4.79 Å². The third-order valence-corrected chi connectivity index (χ3v) is 2.77. The first-order chi connectivity index (χ1) is 8.08. The van der Waals surface area contributed by atoms with Gasteiger partial charge in [0.15, 0.2) is 5.11 Å². The van der Waals surface area contributed by atoms with Gasteiger partial charge in [-0.2, -0.15) is 0 Å². The summed E-state index contributed by atoms with van der Waals surface area (Å²) >= 11 is 5.31. The quantitative estimate of drug-likeness (QED) is 0.744. The molecule has 0 unspecified atom stereocenters. The van der Waals surface area contributed by atoms with E-state index < -0.39 is 0 Å². The van der Waals surface area contributed by atoms with Gasteiger partial charge in [0.25, 0.3) is 0 Å². The second kappa shape index (κ2) is 4.71. The van der Waals surface area contributed by atoms with Crippen molar-refractivity contribution in [3.63, 3.8) is 0 Å². The summed E-state index contributed by atoms with van der Waals surface area (Å²) in [5.74, 6) is -0.0448. The second-order valence-electron chi connectivity index (χ2n) is 4.26. The minimum absolute atomic E-state index is 0.0448. The van der Waals surface area contributed by atoms with Gasteiger partial charge in [0.1, 0.15) is 6.54 Å². The number of hydrogen-bond acceptors (Lipinski definition) is 2. The molecule has 0 aliphatic carbocycles. The SMILES string of the molecule is CC(C)NC(=S)N1CC(=O)Nc2ccccc21. The van der Waals surface area contributed by atoms with Crippen LogP contribution in [-0.4, -0.2) is 23.6 Å². The molecule has 1 heterocycles. The number of hydrogen-bond donors (Lipinski definition) is 2. The molecule has 17 heavy (non-hydrogen) atoms. The molecule has 90 valence electrons. The van der Waals surface area contributed by atoms with Gasteiger partial charge in [-0.15, -0.1) is 0 Å². The van der Waals surface area contributed by atoms with E-state index in [0.717, 1.165) is 11.4 Å². The Labute approximate surface area is 106 Å². The molecule has 0 bridgehead atoms. The Kier molecular flexibility index (Phi) is 3.28. The van der Waals surface area contributed by atoms with E-state index in [9.17, 15) is 4.79 Å². The van der Waals surface area contributed by atoms with Crippen LogP contribution in [0.4, 0.5) is 11.4 Å². The maximum absolute atomic E-state index is 11.6. The third kappa shape index (κ3) is 2.55. The molecule has 0 aromatic heterocycles. The number of carbonyl (C=O) groups excluding carboxylic acids is 1. The Morgan fingerprint density at radius 2 is 2.18 bits per heavy atom. The standard InChI is InChI=1S/C12H15N3OS/c1-8(2)13-12(17)15-7-11(16)14-9-5-3-4-6-10(9)15/h3-6,8H,7H2,1-2H3,(H,13,17)(H,14,16). The van der Waals surface area contributed by atoms with Gasteiger partial charge in [0, 0.05) is 6.04 Å². The average molecular weight is 249 g/mol. The van der Waals surface area contributed by atoms with Gasteiger partial charge in [-0.3, -0.25) is 4.79 Å². The predicted octanol–water partition coefficient (Wildman–Crippen LogP) is 1.73. The zero-order chi connectivity index (χ0) is 12.4. The van der Waals surface area contributed by atoms with Crippen molar-refractivity contribution in [2.75, 3.05) is 16.8 Å². The molecular weight excluding hydrogens is 234 g/mol. The number of para-hydroxylation sites is 2. The molecular formula is C12H15N3OS. The fourth-order valence-corrected chi connectivity index (χ4v) is 2.14. The Hall–Kier alpha value is -1.62. The Morgan fingerprint density at radius 1 is 1.47 bits per heavy atom. The summed E-state index contributed by atoms with van der Waals surface area (Å²) in [5, 5.41) is 6.57. The van der Waals surface area contributed by atoms with Crippen molar-refractivity contribution >= 4 is 34.6 Å². The average Bonchev–Trinajstić information content (AvgIpc) is 2.26. The number of nitrogens with one attached hydrogen (secondary N) is 2. The van der Waals surface area contributed by atoms with Crippen molar-refractivity contribution in [2.45, 2.75) is 19.9 Å². The van der Waals surface area contributed by atoms with Gasteiger partial charge in [-0.1, -0.05) is 12.1 Å². The highest BCUT2D eigenvalue weighted by Gasteiger charge is 2.24. The van der Waals surface area contributed by atoms with E-state index in [0.29, 0.717) is 5.11 Å². The van der Waals surface area contributed by atoms with Gasteiger partial charge >= 0.3 is 0 Å². The highest BCUT2D eigenvalue weighted by Crippen LogP contribution is 2.28. The monoisotopic (exact) mass is 249 g/mol. The van der Waals surface area contributed by atoms with E-state index in [1.54, 1.807) is 0 Å². The van der Waals surface area contributed by atoms with Crippen molar-refractivity contribution in [3.8, 4) is 0 Å². The number of nitrogens with zero attached hydrogens (tertiary/aromatic N) is 1. The second-order valence-corrected chi connectivity index (χ2v) is 4.64. The summed E-state index contributed by atoms with van der Waals surface area (Å²) in [6, 6.07) is 7.89. The van der Waals surface area contributed by atoms with Crippen LogP contribution in [0.2, 0.25) is 0 Å². The molecule has 1 aromatic rings. The van der Waals surface area contributed by atoms with Crippen LogP contribution < -0.4 is 15.5 Å². The van der Waals surface area contributed by atoms with Gasteiger partial charge < -0.3 is 15.5 Å². The highest BCUT2D eigenvalue weighted by atomic mass is 32.1. The first-order valence-corrected chi connectivity index (χ1v) is 5.95. The summed E-state index contributed by atoms with van der Waals surface area (Å²) in [4.78, 5) is 13.4. The van der Waals surface area contributed by atoms with Crippen molar-refractivity contribution < 1.29 is 4.79 Å². The van der Waals surface area contributed by atoms with Gasteiger partial charge in [0.05, 0.1) is 11.4 Å². The number of benzene rings is 1. The van der Waals surface area contributed by atoms with E-state index in [2.05, 4.69) is 10.6 Å². The largest absolute Gasteiger partial charge is 0.360 e. The molecule has 2 N–H and O–H groups in total. The molecule has 0 saturated carbocycles. The van der Waals surface area contributed by atoms with Crippen molar-refractivity contribution in [1.82, 2.24) is 5.32 Å². The Bertz CT molecular complexity index is 459. The minimum Gasteiger partial charge on any atom is -0.360 e. The van der Waals surface area contributed by atoms with Crippen LogP contribution in [0.5, 0.6) is 0 Å². The number of anilines is 2. The molecule has 1 amide bonds. The van der Waals surface area contributed by atoms with Crippen LogP contribution in [0.1, 0.15) is 13.8 Å². The van der Waals surface area contributed by atoms with Crippen LogP contribution in [0.25, 0.3) is 0 Å². The van der Waals surface area contributed by atoms with Gasteiger partial charge in [-0.05, 0) is 38.2 Å². The van der Waals surface area contributed by atoms with E-state index in [1.165, 1.54) is 0 Å². The van der Waals surface area contributed by atoms with E-state index in [1.807, 2.05) is 43.0 Å². The summed E-state index contributed by atoms with van der Waals surface area (Å²) in [6.45, 7) is 4.29. The van der Waals surface area contributed by atoms with E-state index in [-0.39, 0.29) is 18.5 Å². The van der Waals surface area contributed by atoms with Crippen molar-refractivity contribution in [3.05, 3.63) is 24.3 Å². The molecule has 0 spiro atoms. The van der Waals surface area contributed by atoms with E-state index in [4.69, 9.17) is 12.2 Å². The smallest absolute Gasteiger partial charge is 0.244 e. The molecule has 0 atom stereocenters. The summed E-state index contributed by atoms with van der Waals surface area (Å²) < 4.78 is 0. The first kappa shape index (κ1) is 11.9. The Balaban J connectivity index is 2.29. The molecule has 1 aliphatic rings. The van der Waals surface area contributed by atoms with Crippen molar-refractivity contribution in [2.24, 2.45) is 0 Å². The number of thiocarbonyl (C=S) groups is 1. The zero-order valence-electron chi connectivity index (χ0n) is 9.86. The molecule has 2 rings (SSSR count). The molecule has 1 aromatic carbocycles. The summed E-state index contributed by atoms with van der Waals surface area (Å²) in [7, 11) is 0. The van der Waals surface area contributed by atoms with Crippen molar-refractivity contribution in [1.29, 1.82) is 0 Å². The van der Waals surface area contributed by atoms with Crippen LogP contribution in [0.3, 0.4) is 0 Å². The fourth-order valence-electron chi connectivity index (χ4n) is 1.74. The fraction of sp³-hybridized carbons (Fsp3) is 0.333.